The number of rotatable bonds is 4. The molecular weight excluding hydrogens is 226 g/mol. The van der Waals surface area contributed by atoms with E-state index in [0.717, 1.165) is 12.2 Å². The van der Waals surface area contributed by atoms with E-state index in [1.807, 2.05) is 19.9 Å². The molecule has 0 aliphatic heterocycles. The smallest absolute Gasteiger partial charge is 0.251 e. The van der Waals surface area contributed by atoms with E-state index in [1.165, 1.54) is 12.8 Å². The van der Waals surface area contributed by atoms with Crippen LogP contribution < -0.4 is 11.1 Å². The monoisotopic (exact) mass is 247 g/mol. The molecule has 1 amide bonds. The minimum absolute atomic E-state index is 0.0564. The fraction of sp³-hybridized carbons (Fsp3) is 0.571. The number of nitrogens with one attached hydrogen (secondary N) is 1. The quantitative estimate of drug-likeness (QED) is 0.858. The molecule has 0 radical (unpaired) electrons. The summed E-state index contributed by atoms with van der Waals surface area (Å²) in [6.45, 7) is 7.00. The van der Waals surface area contributed by atoms with Gasteiger partial charge >= 0.3 is 0 Å². The molecule has 1 saturated carbocycles. The van der Waals surface area contributed by atoms with Crippen LogP contribution in [0.25, 0.3) is 0 Å². The molecule has 0 atom stereocenters. The number of pyridine rings is 1. The van der Waals surface area contributed by atoms with Crippen LogP contribution in [0.15, 0.2) is 12.1 Å². The molecule has 0 bridgehead atoms. The Bertz CT molecular complexity index is 464. The molecule has 1 aromatic rings. The number of amides is 1. The number of hydrogen-bond donors (Lipinski definition) is 2. The molecule has 1 aliphatic carbocycles. The number of carbonyl (C=O) groups is 1. The van der Waals surface area contributed by atoms with E-state index in [0.29, 0.717) is 16.8 Å². The molecule has 4 nitrogen and oxygen atoms in total. The predicted octanol–water partition coefficient (Wildman–Crippen LogP) is 2.32. The number of carbonyl (C=O) groups excluding carboxylic acids is 1. The van der Waals surface area contributed by atoms with Gasteiger partial charge in [-0.3, -0.25) is 4.79 Å². The van der Waals surface area contributed by atoms with Crippen molar-refractivity contribution in [3.8, 4) is 0 Å². The standard InChI is InChI=1S/C14H21N3O/c1-9(2)11-6-10(7-12(15)17-11)13(18)16-8-14(3)4-5-14/h6-7,9H,4-5,8H2,1-3H3,(H2,15,17)(H,16,18). The molecule has 0 aromatic carbocycles. The van der Waals surface area contributed by atoms with Gasteiger partial charge in [0.05, 0.1) is 0 Å². The van der Waals surface area contributed by atoms with Crippen molar-refractivity contribution >= 4 is 11.7 Å². The van der Waals surface area contributed by atoms with Crippen LogP contribution >= 0.6 is 0 Å². The summed E-state index contributed by atoms with van der Waals surface area (Å²) in [7, 11) is 0. The number of aromatic nitrogens is 1. The van der Waals surface area contributed by atoms with Crippen molar-refractivity contribution in [2.45, 2.75) is 39.5 Å². The second-order valence-corrected chi connectivity index (χ2v) is 5.85. The summed E-state index contributed by atoms with van der Waals surface area (Å²) in [6, 6.07) is 3.46. The molecule has 0 spiro atoms. The Morgan fingerprint density at radius 3 is 2.72 bits per heavy atom. The SMILES string of the molecule is CC(C)c1cc(C(=O)NCC2(C)CC2)cc(N)n1. The molecule has 18 heavy (non-hydrogen) atoms. The van der Waals surface area contributed by atoms with Crippen LogP contribution in [0.5, 0.6) is 0 Å². The molecular formula is C14H21N3O. The third-order valence-electron chi connectivity index (χ3n) is 3.50. The van der Waals surface area contributed by atoms with Crippen LogP contribution in [-0.4, -0.2) is 17.4 Å². The summed E-state index contributed by atoms with van der Waals surface area (Å²) in [5.74, 6) is 0.615. The maximum absolute atomic E-state index is 12.1. The highest BCUT2D eigenvalue weighted by Gasteiger charge is 2.37. The molecule has 1 heterocycles. The molecule has 0 unspecified atom stereocenters. The predicted molar refractivity (Wildman–Crippen MR) is 72.4 cm³/mol. The average Bonchev–Trinajstić information content (AvgIpc) is 3.04. The van der Waals surface area contributed by atoms with Gasteiger partial charge in [0.15, 0.2) is 0 Å². The normalized spacial score (nSPS) is 16.7. The van der Waals surface area contributed by atoms with Gasteiger partial charge < -0.3 is 11.1 Å². The summed E-state index contributed by atoms with van der Waals surface area (Å²) in [5.41, 5.74) is 7.52. The maximum atomic E-state index is 12.1. The van der Waals surface area contributed by atoms with Gasteiger partial charge in [0.2, 0.25) is 0 Å². The van der Waals surface area contributed by atoms with E-state index in [-0.39, 0.29) is 11.8 Å². The molecule has 1 fully saturated rings. The van der Waals surface area contributed by atoms with Gasteiger partial charge in [0.1, 0.15) is 5.82 Å². The van der Waals surface area contributed by atoms with Crippen molar-refractivity contribution in [2.75, 3.05) is 12.3 Å². The number of nitrogens with two attached hydrogens (primary N) is 1. The third kappa shape index (κ3) is 3.00. The molecule has 3 N–H and O–H groups in total. The first-order valence-corrected chi connectivity index (χ1v) is 6.45. The Hall–Kier alpha value is -1.58. The zero-order chi connectivity index (χ0) is 13.3. The van der Waals surface area contributed by atoms with E-state index >= 15 is 0 Å². The van der Waals surface area contributed by atoms with Gasteiger partial charge in [-0.1, -0.05) is 20.8 Å². The maximum Gasteiger partial charge on any atom is 0.251 e. The first-order valence-electron chi connectivity index (χ1n) is 6.45. The second-order valence-electron chi connectivity index (χ2n) is 5.85. The fourth-order valence-corrected chi connectivity index (χ4v) is 1.79. The van der Waals surface area contributed by atoms with E-state index in [9.17, 15) is 4.79 Å². The Kier molecular flexibility index (Phi) is 3.28. The van der Waals surface area contributed by atoms with E-state index in [4.69, 9.17) is 5.73 Å². The minimum Gasteiger partial charge on any atom is -0.384 e. The van der Waals surface area contributed by atoms with Crippen molar-refractivity contribution in [2.24, 2.45) is 5.41 Å². The Morgan fingerprint density at radius 1 is 1.50 bits per heavy atom. The second kappa shape index (κ2) is 4.59. The van der Waals surface area contributed by atoms with Crippen molar-refractivity contribution in [1.29, 1.82) is 0 Å². The van der Waals surface area contributed by atoms with Gasteiger partial charge in [-0.2, -0.15) is 0 Å². The van der Waals surface area contributed by atoms with Crippen molar-refractivity contribution < 1.29 is 4.79 Å². The highest BCUT2D eigenvalue weighted by atomic mass is 16.1. The Morgan fingerprint density at radius 2 is 2.17 bits per heavy atom. The minimum atomic E-state index is -0.0564. The van der Waals surface area contributed by atoms with E-state index < -0.39 is 0 Å². The lowest BCUT2D eigenvalue weighted by atomic mass is 10.1. The lowest BCUT2D eigenvalue weighted by molar-refractivity contribution is 0.0946. The average molecular weight is 247 g/mol. The first-order chi connectivity index (χ1) is 8.39. The molecule has 1 aliphatic rings. The number of anilines is 1. The molecule has 4 heteroatoms. The van der Waals surface area contributed by atoms with Gasteiger partial charge in [-0.15, -0.1) is 0 Å². The van der Waals surface area contributed by atoms with Crippen LogP contribution in [0.4, 0.5) is 5.82 Å². The van der Waals surface area contributed by atoms with Gasteiger partial charge in [0, 0.05) is 17.8 Å². The van der Waals surface area contributed by atoms with Crippen LogP contribution in [0.1, 0.15) is 55.6 Å². The lowest BCUT2D eigenvalue weighted by Crippen LogP contribution is -2.29. The van der Waals surface area contributed by atoms with Crippen LogP contribution in [0.2, 0.25) is 0 Å². The summed E-state index contributed by atoms with van der Waals surface area (Å²) in [6.07, 6.45) is 2.39. The topological polar surface area (TPSA) is 68.0 Å². The number of hydrogen-bond acceptors (Lipinski definition) is 3. The summed E-state index contributed by atoms with van der Waals surface area (Å²) >= 11 is 0. The van der Waals surface area contributed by atoms with Crippen LogP contribution in [0, 0.1) is 5.41 Å². The van der Waals surface area contributed by atoms with Gasteiger partial charge in [-0.25, -0.2) is 4.98 Å². The van der Waals surface area contributed by atoms with E-state index in [2.05, 4.69) is 17.2 Å². The largest absolute Gasteiger partial charge is 0.384 e. The summed E-state index contributed by atoms with van der Waals surface area (Å²) in [4.78, 5) is 16.3. The third-order valence-corrected chi connectivity index (χ3v) is 3.50. The highest BCUT2D eigenvalue weighted by molar-refractivity contribution is 5.95. The number of nitrogen functional groups attached to an aromatic ring is 1. The molecule has 0 saturated heterocycles. The molecule has 1 aromatic heterocycles. The number of nitrogens with zero attached hydrogens (tertiary/aromatic N) is 1. The molecule has 2 rings (SSSR count). The summed E-state index contributed by atoms with van der Waals surface area (Å²) < 4.78 is 0. The van der Waals surface area contributed by atoms with Crippen LogP contribution in [0.3, 0.4) is 0 Å². The van der Waals surface area contributed by atoms with Crippen molar-refractivity contribution in [1.82, 2.24) is 10.3 Å². The first kappa shape index (κ1) is 12.9. The van der Waals surface area contributed by atoms with Gasteiger partial charge in [0.25, 0.3) is 5.91 Å². The summed E-state index contributed by atoms with van der Waals surface area (Å²) in [5, 5.41) is 2.97. The zero-order valence-corrected chi connectivity index (χ0v) is 11.3. The Labute approximate surface area is 108 Å². The highest BCUT2D eigenvalue weighted by Crippen LogP contribution is 2.44. The lowest BCUT2D eigenvalue weighted by Gasteiger charge is -2.12. The van der Waals surface area contributed by atoms with Gasteiger partial charge in [-0.05, 0) is 36.3 Å². The van der Waals surface area contributed by atoms with E-state index in [1.54, 1.807) is 6.07 Å². The zero-order valence-electron chi connectivity index (χ0n) is 11.3. The van der Waals surface area contributed by atoms with Crippen molar-refractivity contribution in [3.63, 3.8) is 0 Å². The fourth-order valence-electron chi connectivity index (χ4n) is 1.79. The van der Waals surface area contributed by atoms with Crippen molar-refractivity contribution in [3.05, 3.63) is 23.4 Å². The molecule has 98 valence electrons. The van der Waals surface area contributed by atoms with Crippen LogP contribution in [-0.2, 0) is 0 Å². The Balaban J connectivity index is 2.09.